The first kappa shape index (κ1) is 19.1. The zero-order valence-electron chi connectivity index (χ0n) is 14.9. The second-order valence-corrected chi connectivity index (χ2v) is 7.52. The Morgan fingerprint density at radius 2 is 1.88 bits per heavy atom. The second kappa shape index (κ2) is 9.90. The van der Waals surface area contributed by atoms with E-state index in [1.165, 1.54) is 19.5 Å². The van der Waals surface area contributed by atoms with Gasteiger partial charge in [0.15, 0.2) is 0 Å². The van der Waals surface area contributed by atoms with Crippen LogP contribution in [0.1, 0.15) is 38.7 Å². The third-order valence-electron chi connectivity index (χ3n) is 4.53. The first-order chi connectivity index (χ1) is 11.5. The van der Waals surface area contributed by atoms with Crippen molar-refractivity contribution in [3.63, 3.8) is 0 Å². The van der Waals surface area contributed by atoms with Gasteiger partial charge >= 0.3 is 6.03 Å². The predicted octanol–water partition coefficient (Wildman–Crippen LogP) is 3.90. The highest BCUT2D eigenvalue weighted by molar-refractivity contribution is 6.31. The summed E-state index contributed by atoms with van der Waals surface area (Å²) in [6.07, 6.45) is 3.49. The highest BCUT2D eigenvalue weighted by atomic mass is 35.5. The van der Waals surface area contributed by atoms with E-state index in [2.05, 4.69) is 29.4 Å². The van der Waals surface area contributed by atoms with Gasteiger partial charge in [0.1, 0.15) is 0 Å². The number of amides is 2. The molecule has 0 radical (unpaired) electrons. The minimum atomic E-state index is -0.130. The number of urea groups is 1. The van der Waals surface area contributed by atoms with Gasteiger partial charge in [0.05, 0.1) is 0 Å². The summed E-state index contributed by atoms with van der Waals surface area (Å²) in [6.45, 7) is 9.42. The zero-order chi connectivity index (χ0) is 17.4. The van der Waals surface area contributed by atoms with Gasteiger partial charge < -0.3 is 15.5 Å². The average Bonchev–Trinajstić information content (AvgIpc) is 2.53. The molecule has 2 atom stereocenters. The molecular weight excluding hydrogens is 322 g/mol. The molecule has 1 aromatic carbocycles. The number of carbonyl (C=O) groups excluding carboxylic acids is 1. The van der Waals surface area contributed by atoms with Crippen molar-refractivity contribution in [1.29, 1.82) is 0 Å². The van der Waals surface area contributed by atoms with E-state index < -0.39 is 0 Å². The van der Waals surface area contributed by atoms with Crippen LogP contribution < -0.4 is 10.6 Å². The molecule has 2 N–H and O–H groups in total. The van der Waals surface area contributed by atoms with E-state index in [0.29, 0.717) is 18.1 Å². The number of hydrogen-bond acceptors (Lipinski definition) is 2. The van der Waals surface area contributed by atoms with Gasteiger partial charge in [-0.05, 0) is 49.3 Å². The van der Waals surface area contributed by atoms with Crippen molar-refractivity contribution in [3.05, 3.63) is 34.9 Å². The van der Waals surface area contributed by atoms with Gasteiger partial charge in [0.25, 0.3) is 0 Å². The molecule has 2 amide bonds. The van der Waals surface area contributed by atoms with Crippen LogP contribution in [0.25, 0.3) is 0 Å². The number of halogens is 1. The fourth-order valence-electron chi connectivity index (χ4n) is 3.52. The summed E-state index contributed by atoms with van der Waals surface area (Å²) in [5.41, 5.74) is 0.933. The third-order valence-corrected chi connectivity index (χ3v) is 4.90. The maximum absolute atomic E-state index is 11.8. The molecule has 2 rings (SSSR count). The molecule has 1 saturated heterocycles. The number of benzene rings is 1. The third kappa shape index (κ3) is 6.70. The van der Waals surface area contributed by atoms with Gasteiger partial charge in [0.2, 0.25) is 0 Å². The minimum Gasteiger partial charge on any atom is -0.338 e. The number of carbonyl (C=O) groups is 1. The molecule has 1 aromatic rings. The number of hydrogen-bond donors (Lipinski definition) is 2. The first-order valence-electron chi connectivity index (χ1n) is 9.02. The fourth-order valence-corrected chi connectivity index (χ4v) is 3.72. The lowest BCUT2D eigenvalue weighted by Gasteiger charge is -2.34. The molecular formula is C19H30ClN3O. The smallest absolute Gasteiger partial charge is 0.315 e. The van der Waals surface area contributed by atoms with Gasteiger partial charge in [-0.15, -0.1) is 0 Å². The quantitative estimate of drug-likeness (QED) is 0.732. The van der Waals surface area contributed by atoms with Gasteiger partial charge in [-0.3, -0.25) is 0 Å². The monoisotopic (exact) mass is 351 g/mol. The Balaban J connectivity index is 1.54. The molecule has 4 nitrogen and oxygen atoms in total. The predicted molar refractivity (Wildman–Crippen MR) is 100 cm³/mol. The first-order valence-corrected chi connectivity index (χ1v) is 9.40. The van der Waals surface area contributed by atoms with Crippen LogP contribution in [0.5, 0.6) is 0 Å². The van der Waals surface area contributed by atoms with E-state index in [1.54, 1.807) is 0 Å². The molecule has 5 heteroatoms. The highest BCUT2D eigenvalue weighted by Crippen LogP contribution is 2.20. The Morgan fingerprint density at radius 3 is 2.58 bits per heavy atom. The second-order valence-electron chi connectivity index (χ2n) is 7.11. The molecule has 24 heavy (non-hydrogen) atoms. The SMILES string of the molecule is CC1CC(C)CN(CCCCNC(=O)NCc2ccccc2Cl)C1. The van der Waals surface area contributed by atoms with E-state index in [9.17, 15) is 4.79 Å². The number of nitrogens with one attached hydrogen (secondary N) is 2. The van der Waals surface area contributed by atoms with Crippen LogP contribution in [0.15, 0.2) is 24.3 Å². The lowest BCUT2D eigenvalue weighted by atomic mass is 9.92. The molecule has 0 bridgehead atoms. The van der Waals surface area contributed by atoms with Crippen LogP contribution in [-0.2, 0) is 6.54 Å². The molecule has 1 heterocycles. The van der Waals surface area contributed by atoms with E-state index in [1.807, 2.05) is 24.3 Å². The molecule has 2 unspecified atom stereocenters. The van der Waals surface area contributed by atoms with Crippen molar-refractivity contribution in [2.45, 2.75) is 39.7 Å². The molecule has 134 valence electrons. The molecule has 0 aromatic heterocycles. The maximum Gasteiger partial charge on any atom is 0.315 e. The summed E-state index contributed by atoms with van der Waals surface area (Å²) in [6, 6.07) is 7.43. The van der Waals surface area contributed by atoms with E-state index in [-0.39, 0.29) is 6.03 Å². The molecule has 0 spiro atoms. The summed E-state index contributed by atoms with van der Waals surface area (Å²) in [5, 5.41) is 6.45. The maximum atomic E-state index is 11.8. The lowest BCUT2D eigenvalue weighted by Crippen LogP contribution is -2.39. The van der Waals surface area contributed by atoms with E-state index in [4.69, 9.17) is 11.6 Å². The van der Waals surface area contributed by atoms with Crippen LogP contribution in [0.2, 0.25) is 5.02 Å². The molecule has 0 saturated carbocycles. The van der Waals surface area contributed by atoms with Crippen molar-refractivity contribution in [3.8, 4) is 0 Å². The summed E-state index contributed by atoms with van der Waals surface area (Å²) < 4.78 is 0. The largest absolute Gasteiger partial charge is 0.338 e. The van der Waals surface area contributed by atoms with Gasteiger partial charge in [-0.1, -0.05) is 43.6 Å². The molecule has 1 fully saturated rings. The van der Waals surface area contributed by atoms with Crippen molar-refractivity contribution in [2.75, 3.05) is 26.2 Å². The summed E-state index contributed by atoms with van der Waals surface area (Å²) in [7, 11) is 0. The standard InChI is InChI=1S/C19H30ClN3O/c1-15-11-16(2)14-23(13-15)10-6-5-9-21-19(24)22-12-17-7-3-4-8-18(17)20/h3-4,7-8,15-16H,5-6,9-14H2,1-2H3,(H2,21,22,24). The summed E-state index contributed by atoms with van der Waals surface area (Å²) in [5.74, 6) is 1.62. The number of rotatable bonds is 7. The molecule has 1 aliphatic rings. The van der Waals surface area contributed by atoms with Crippen LogP contribution >= 0.6 is 11.6 Å². The molecule has 0 aliphatic carbocycles. The summed E-state index contributed by atoms with van der Waals surface area (Å²) >= 11 is 6.07. The van der Waals surface area contributed by atoms with Gasteiger partial charge in [-0.2, -0.15) is 0 Å². The van der Waals surface area contributed by atoms with Gasteiger partial charge in [-0.25, -0.2) is 4.79 Å². The highest BCUT2D eigenvalue weighted by Gasteiger charge is 2.20. The Hall–Kier alpha value is -1.26. The van der Waals surface area contributed by atoms with Crippen molar-refractivity contribution >= 4 is 17.6 Å². The Kier molecular flexibility index (Phi) is 7.86. The van der Waals surface area contributed by atoms with Crippen LogP contribution in [0.4, 0.5) is 4.79 Å². The Labute approximate surface area is 150 Å². The average molecular weight is 352 g/mol. The topological polar surface area (TPSA) is 44.4 Å². The summed E-state index contributed by atoms with van der Waals surface area (Å²) in [4.78, 5) is 14.4. The molecule has 1 aliphatic heterocycles. The van der Waals surface area contributed by atoms with Crippen molar-refractivity contribution in [2.24, 2.45) is 11.8 Å². The fraction of sp³-hybridized carbons (Fsp3) is 0.632. The normalized spacial score (nSPS) is 21.5. The lowest BCUT2D eigenvalue weighted by molar-refractivity contribution is 0.139. The zero-order valence-corrected chi connectivity index (χ0v) is 15.6. The van der Waals surface area contributed by atoms with E-state index >= 15 is 0 Å². The van der Waals surface area contributed by atoms with Crippen molar-refractivity contribution in [1.82, 2.24) is 15.5 Å². The van der Waals surface area contributed by atoms with E-state index in [0.717, 1.165) is 36.8 Å². The number of nitrogens with zero attached hydrogens (tertiary/aromatic N) is 1. The van der Waals surface area contributed by atoms with Gasteiger partial charge in [0, 0.05) is 31.2 Å². The number of likely N-dealkylation sites (tertiary alicyclic amines) is 1. The minimum absolute atomic E-state index is 0.130. The van der Waals surface area contributed by atoms with Crippen LogP contribution in [0.3, 0.4) is 0 Å². The number of unbranched alkanes of at least 4 members (excludes halogenated alkanes) is 1. The van der Waals surface area contributed by atoms with Crippen LogP contribution in [0, 0.1) is 11.8 Å². The van der Waals surface area contributed by atoms with Crippen molar-refractivity contribution < 1.29 is 4.79 Å². The number of piperidine rings is 1. The Bertz CT molecular complexity index is 513. The Morgan fingerprint density at radius 1 is 1.17 bits per heavy atom. The van der Waals surface area contributed by atoms with Crippen LogP contribution in [-0.4, -0.2) is 37.1 Å².